The van der Waals surface area contributed by atoms with E-state index in [0.717, 1.165) is 11.1 Å². The van der Waals surface area contributed by atoms with Gasteiger partial charge in [0.1, 0.15) is 23.7 Å². The van der Waals surface area contributed by atoms with Gasteiger partial charge in [0.25, 0.3) is 5.91 Å². The molecule has 2 aromatic rings. The average Bonchev–Trinajstić information content (AvgIpc) is 4.06. The summed E-state index contributed by atoms with van der Waals surface area (Å²) in [7, 11) is -1.20. The fourth-order valence-electron chi connectivity index (χ4n) is 8.44. The number of sulfonamides is 1. The molecule has 0 unspecified atom stereocenters. The van der Waals surface area contributed by atoms with Crippen LogP contribution in [0.1, 0.15) is 132 Å². The highest BCUT2D eigenvalue weighted by Crippen LogP contribution is 2.45. The van der Waals surface area contributed by atoms with Gasteiger partial charge in [-0.15, -0.1) is 0 Å². The van der Waals surface area contributed by atoms with Crippen LogP contribution in [0.5, 0.6) is 0 Å². The minimum absolute atomic E-state index is 0.0357. The quantitative estimate of drug-likeness (QED) is 0.0585. The Balaban J connectivity index is 1.79. The van der Waals surface area contributed by atoms with Gasteiger partial charge in [0.15, 0.2) is 0 Å². The molecule has 0 aromatic heterocycles. The van der Waals surface area contributed by atoms with Gasteiger partial charge < -0.3 is 42.4 Å². The first-order valence-electron chi connectivity index (χ1n) is 24.9. The van der Waals surface area contributed by atoms with E-state index < -0.39 is 110 Å². The molecule has 1 aliphatic carbocycles. The number of rotatable bonds is 23. The summed E-state index contributed by atoms with van der Waals surface area (Å²) in [6.45, 7) is 23.2. The standard InChI is InChI=1S/C53H83N9O10S/c1-32(2)39(61(14)47(67)41(50(6,7)8)58-46(66)42(62(15)49(69)72-51(9,10)11)52(12,13)36-20-17-16-18-21-36)30-34(5)43(63)60-73(70,71)31-35-23-25-37(26-24-35)53(27-28-53)59-44(64)38(22-19-29-56-48(55)68)57-45(65)40(54)33(3)4/h16-18,20-21,23-26,30,32-33,38-42H,19,22,27-29,31,54H2,1-15H3,(H,57,65)(H,58,66)(H,59,64)(H,60,63)(H3,55,56,68)/b34-30+/t38-,39-,40-,41-,42-/m1/s1. The topological polar surface area (TPSA) is 282 Å². The number of hydrogen-bond donors (Lipinski definition) is 7. The molecule has 1 fully saturated rings. The molecule has 0 spiro atoms. The van der Waals surface area contributed by atoms with Gasteiger partial charge in [0.05, 0.1) is 23.4 Å². The van der Waals surface area contributed by atoms with E-state index in [1.807, 2.05) is 58.0 Å². The summed E-state index contributed by atoms with van der Waals surface area (Å²) < 4.78 is 34.8. The smallest absolute Gasteiger partial charge is 0.410 e. The Bertz CT molecular complexity index is 2420. The molecule has 0 radical (unpaired) electrons. The second kappa shape index (κ2) is 24.8. The zero-order valence-electron chi connectivity index (χ0n) is 45.6. The number of urea groups is 1. The summed E-state index contributed by atoms with van der Waals surface area (Å²) >= 11 is 0. The van der Waals surface area contributed by atoms with Crippen molar-refractivity contribution in [3.05, 3.63) is 82.9 Å². The minimum Gasteiger partial charge on any atom is -0.444 e. The summed E-state index contributed by atoms with van der Waals surface area (Å²) in [6.07, 6.45) is 2.55. The molecule has 1 saturated carbocycles. The fraction of sp³-hybridized carbons (Fsp3) is 0.604. The van der Waals surface area contributed by atoms with Crippen molar-refractivity contribution in [2.75, 3.05) is 20.6 Å². The second-order valence-corrected chi connectivity index (χ2v) is 24.4. The Kier molecular flexibility index (Phi) is 20.8. The predicted octanol–water partition coefficient (Wildman–Crippen LogP) is 4.83. The van der Waals surface area contributed by atoms with E-state index in [2.05, 4.69) is 26.0 Å². The van der Waals surface area contributed by atoms with Crippen LogP contribution in [0.15, 0.2) is 66.2 Å². The number of carbonyl (C=O) groups is 7. The molecule has 9 N–H and O–H groups in total. The lowest BCUT2D eigenvalue weighted by atomic mass is 9.76. The second-order valence-electron chi connectivity index (χ2n) is 22.6. The van der Waals surface area contributed by atoms with Crippen LogP contribution in [0.3, 0.4) is 0 Å². The van der Waals surface area contributed by atoms with Crippen LogP contribution in [0, 0.1) is 17.3 Å². The zero-order valence-corrected chi connectivity index (χ0v) is 46.4. The number of amides is 8. The Morgan fingerprint density at radius 3 is 1.86 bits per heavy atom. The number of primary amides is 1. The highest BCUT2D eigenvalue weighted by atomic mass is 32.2. The van der Waals surface area contributed by atoms with Gasteiger partial charge in [-0.1, -0.05) is 123 Å². The third-order valence-corrected chi connectivity index (χ3v) is 14.2. The molecule has 19 nitrogen and oxygen atoms in total. The van der Waals surface area contributed by atoms with Gasteiger partial charge >= 0.3 is 12.1 Å². The molecule has 73 heavy (non-hydrogen) atoms. The summed E-state index contributed by atoms with van der Waals surface area (Å²) in [5, 5.41) is 11.2. The molecule has 3 rings (SSSR count). The lowest BCUT2D eigenvalue weighted by molar-refractivity contribution is -0.141. The Hall–Kier alpha value is -6.02. The van der Waals surface area contributed by atoms with Crippen LogP contribution in [-0.2, 0) is 55.4 Å². The van der Waals surface area contributed by atoms with E-state index in [1.54, 1.807) is 86.7 Å². The molecule has 8 amide bonds. The van der Waals surface area contributed by atoms with Crippen LogP contribution >= 0.6 is 0 Å². The highest BCUT2D eigenvalue weighted by molar-refractivity contribution is 7.89. The van der Waals surface area contributed by atoms with Crippen LogP contribution in [0.25, 0.3) is 0 Å². The summed E-state index contributed by atoms with van der Waals surface area (Å²) in [5.41, 5.74) is 9.72. The van der Waals surface area contributed by atoms with E-state index in [1.165, 1.54) is 29.8 Å². The first-order valence-corrected chi connectivity index (χ1v) is 26.5. The van der Waals surface area contributed by atoms with Crippen LogP contribution in [0.4, 0.5) is 9.59 Å². The molecule has 406 valence electrons. The first-order chi connectivity index (χ1) is 33.5. The molecule has 0 heterocycles. The number of nitrogens with zero attached hydrogens (tertiary/aromatic N) is 2. The molecule has 0 saturated heterocycles. The average molecular weight is 1040 g/mol. The predicted molar refractivity (Wildman–Crippen MR) is 282 cm³/mol. The van der Waals surface area contributed by atoms with Gasteiger partial charge in [-0.05, 0) is 87.3 Å². The van der Waals surface area contributed by atoms with E-state index >= 15 is 0 Å². The number of carbonyl (C=O) groups excluding carboxylic acids is 7. The number of likely N-dealkylation sites (N-methyl/N-ethyl adjacent to an activating group) is 2. The Morgan fingerprint density at radius 1 is 0.795 bits per heavy atom. The summed E-state index contributed by atoms with van der Waals surface area (Å²) in [6, 6.07) is 10.4. The van der Waals surface area contributed by atoms with Crippen LogP contribution < -0.4 is 37.5 Å². The summed E-state index contributed by atoms with van der Waals surface area (Å²) in [4.78, 5) is 96.7. The molecule has 20 heteroatoms. The molecular weight excluding hydrogens is 955 g/mol. The molecular formula is C53H83N9O10S. The van der Waals surface area contributed by atoms with E-state index in [-0.39, 0.29) is 30.4 Å². The number of nitrogens with one attached hydrogen (secondary N) is 5. The van der Waals surface area contributed by atoms with Crippen molar-refractivity contribution in [2.45, 2.75) is 168 Å². The number of hydrogen-bond acceptors (Lipinski definition) is 11. The van der Waals surface area contributed by atoms with Crippen molar-refractivity contribution in [1.29, 1.82) is 0 Å². The van der Waals surface area contributed by atoms with Crippen molar-refractivity contribution >= 4 is 51.7 Å². The maximum absolute atomic E-state index is 14.6. The van der Waals surface area contributed by atoms with Crippen LogP contribution in [0.2, 0.25) is 0 Å². The summed E-state index contributed by atoms with van der Waals surface area (Å²) in [5.74, 6) is -3.86. The van der Waals surface area contributed by atoms with Gasteiger partial charge in [0, 0.05) is 31.6 Å². The third kappa shape index (κ3) is 17.6. The van der Waals surface area contributed by atoms with E-state index in [4.69, 9.17) is 16.2 Å². The Labute approximate surface area is 433 Å². The molecule has 2 aromatic carbocycles. The van der Waals surface area contributed by atoms with Crippen molar-refractivity contribution in [2.24, 2.45) is 28.7 Å². The van der Waals surface area contributed by atoms with E-state index in [9.17, 15) is 42.0 Å². The number of nitrogens with two attached hydrogens (primary N) is 2. The molecule has 0 aliphatic heterocycles. The molecule has 5 atom stereocenters. The molecule has 1 aliphatic rings. The van der Waals surface area contributed by atoms with Crippen LogP contribution in [-0.4, -0.2) is 116 Å². The van der Waals surface area contributed by atoms with Crippen molar-refractivity contribution in [3.63, 3.8) is 0 Å². The maximum Gasteiger partial charge on any atom is 0.410 e. The normalized spacial score (nSPS) is 15.9. The van der Waals surface area contributed by atoms with Crippen molar-refractivity contribution in [3.8, 4) is 0 Å². The largest absolute Gasteiger partial charge is 0.444 e. The van der Waals surface area contributed by atoms with Gasteiger partial charge in [-0.2, -0.15) is 0 Å². The zero-order chi connectivity index (χ0) is 55.6. The lowest BCUT2D eigenvalue weighted by Gasteiger charge is -2.42. The lowest BCUT2D eigenvalue weighted by Crippen LogP contribution is -2.63. The monoisotopic (exact) mass is 1040 g/mol. The van der Waals surface area contributed by atoms with Gasteiger partial charge in [-0.3, -0.25) is 28.9 Å². The third-order valence-electron chi connectivity index (χ3n) is 13.0. The van der Waals surface area contributed by atoms with E-state index in [0.29, 0.717) is 24.8 Å². The maximum atomic E-state index is 14.6. The highest BCUT2D eigenvalue weighted by Gasteiger charge is 2.48. The number of ether oxygens (including phenoxy) is 1. The van der Waals surface area contributed by atoms with Gasteiger partial charge in [0.2, 0.25) is 33.7 Å². The Morgan fingerprint density at radius 2 is 1.37 bits per heavy atom. The van der Waals surface area contributed by atoms with Gasteiger partial charge in [-0.25, -0.2) is 22.7 Å². The first kappa shape index (κ1) is 61.3. The van der Waals surface area contributed by atoms with Crippen molar-refractivity contribution < 1.29 is 46.7 Å². The minimum atomic E-state index is -4.25. The fourth-order valence-corrected chi connectivity index (χ4v) is 9.59. The SMILES string of the molecule is C/C(=C\[C@H](C(C)C)N(C)C(=O)[C@@H](NC(=O)[C@@H](N(C)C(=O)OC(C)(C)C)C(C)(C)c1ccccc1)C(C)(C)C)C(=O)NS(=O)(=O)Cc1ccc(C2(NC(=O)[C@@H](CCCNC(N)=O)NC(=O)[C@H](N)C(C)C)CC2)cc1. The molecule has 0 bridgehead atoms. The van der Waals surface area contributed by atoms with Crippen molar-refractivity contribution in [1.82, 2.24) is 35.8 Å². The number of benzene rings is 2.